The number of carbonyl (C=O) groups excluding carboxylic acids is 1. The van der Waals surface area contributed by atoms with Crippen molar-refractivity contribution in [2.24, 2.45) is 5.92 Å². The second-order valence-corrected chi connectivity index (χ2v) is 6.11. The summed E-state index contributed by atoms with van der Waals surface area (Å²) in [6.45, 7) is 2.35. The molecule has 0 aromatic heterocycles. The minimum absolute atomic E-state index is 0.185. The summed E-state index contributed by atoms with van der Waals surface area (Å²) in [6.07, 6.45) is 1.74. The van der Waals surface area contributed by atoms with Crippen molar-refractivity contribution in [1.82, 2.24) is 4.90 Å². The van der Waals surface area contributed by atoms with E-state index < -0.39 is 6.10 Å². The number of nitrogens with one attached hydrogen (secondary N) is 1. The second kappa shape index (κ2) is 6.35. The van der Waals surface area contributed by atoms with Gasteiger partial charge in [0.15, 0.2) is 0 Å². The maximum Gasteiger partial charge on any atom is 0.321 e. The third-order valence-electron chi connectivity index (χ3n) is 3.94. The number of rotatable bonds is 5. The van der Waals surface area contributed by atoms with E-state index in [1.165, 1.54) is 0 Å². The molecule has 5 heteroatoms. The Morgan fingerprint density at radius 1 is 1.38 bits per heavy atom. The molecule has 2 rings (SSSR count). The van der Waals surface area contributed by atoms with Crippen LogP contribution < -0.4 is 10.2 Å². The SMILES string of the molecule is Cc1cc(N(C)C)ccc1NC(=O)N(C)CC(O)C1CC1. The molecule has 0 heterocycles. The first-order valence-electron chi connectivity index (χ1n) is 7.36. The monoisotopic (exact) mass is 291 g/mol. The van der Waals surface area contributed by atoms with Crippen molar-refractivity contribution in [2.75, 3.05) is 37.9 Å². The molecule has 1 aromatic carbocycles. The predicted octanol–water partition coefficient (Wildman–Crippen LogP) is 2.30. The Labute approximate surface area is 126 Å². The number of urea groups is 1. The Hall–Kier alpha value is -1.75. The summed E-state index contributed by atoms with van der Waals surface area (Å²) in [5, 5.41) is 12.8. The summed E-state index contributed by atoms with van der Waals surface area (Å²) in [5.41, 5.74) is 2.92. The smallest absolute Gasteiger partial charge is 0.321 e. The van der Waals surface area contributed by atoms with E-state index in [2.05, 4.69) is 5.32 Å². The van der Waals surface area contributed by atoms with Gasteiger partial charge in [0.1, 0.15) is 0 Å². The second-order valence-electron chi connectivity index (χ2n) is 6.11. The van der Waals surface area contributed by atoms with Gasteiger partial charge in [-0.3, -0.25) is 0 Å². The fourth-order valence-electron chi connectivity index (χ4n) is 2.27. The molecule has 0 spiro atoms. The number of anilines is 2. The van der Waals surface area contributed by atoms with Gasteiger partial charge in [-0.05, 0) is 49.4 Å². The van der Waals surface area contributed by atoms with Crippen molar-refractivity contribution in [3.05, 3.63) is 23.8 Å². The molecule has 1 aliphatic carbocycles. The van der Waals surface area contributed by atoms with E-state index in [0.29, 0.717) is 12.5 Å². The molecular weight excluding hydrogens is 266 g/mol. The average Bonchev–Trinajstić information content (AvgIpc) is 3.24. The zero-order valence-electron chi connectivity index (χ0n) is 13.3. The van der Waals surface area contributed by atoms with E-state index in [4.69, 9.17) is 0 Å². The quantitative estimate of drug-likeness (QED) is 0.875. The molecule has 1 aliphatic rings. The summed E-state index contributed by atoms with van der Waals surface area (Å²) in [7, 11) is 5.69. The zero-order valence-corrected chi connectivity index (χ0v) is 13.3. The highest BCUT2D eigenvalue weighted by molar-refractivity contribution is 5.90. The van der Waals surface area contributed by atoms with Gasteiger partial charge in [-0.15, -0.1) is 0 Å². The molecule has 2 N–H and O–H groups in total. The number of carbonyl (C=O) groups is 1. The first-order valence-corrected chi connectivity index (χ1v) is 7.36. The molecule has 0 radical (unpaired) electrons. The van der Waals surface area contributed by atoms with E-state index in [-0.39, 0.29) is 6.03 Å². The minimum atomic E-state index is -0.405. The Morgan fingerprint density at radius 3 is 2.57 bits per heavy atom. The van der Waals surface area contributed by atoms with Gasteiger partial charge < -0.3 is 20.2 Å². The number of aryl methyl sites for hydroxylation is 1. The molecule has 2 amide bonds. The molecule has 1 unspecified atom stereocenters. The van der Waals surface area contributed by atoms with Gasteiger partial charge in [-0.1, -0.05) is 0 Å². The Morgan fingerprint density at radius 2 is 2.05 bits per heavy atom. The Kier molecular flexibility index (Phi) is 4.73. The van der Waals surface area contributed by atoms with Crippen LogP contribution in [0.5, 0.6) is 0 Å². The maximum absolute atomic E-state index is 12.2. The summed E-state index contributed by atoms with van der Waals surface area (Å²) >= 11 is 0. The van der Waals surface area contributed by atoms with E-state index in [0.717, 1.165) is 29.8 Å². The lowest BCUT2D eigenvalue weighted by atomic mass is 10.1. The van der Waals surface area contributed by atoms with Crippen LogP contribution in [0, 0.1) is 12.8 Å². The topological polar surface area (TPSA) is 55.8 Å². The van der Waals surface area contributed by atoms with Gasteiger partial charge in [0.25, 0.3) is 0 Å². The number of nitrogens with zero attached hydrogens (tertiary/aromatic N) is 2. The maximum atomic E-state index is 12.2. The molecule has 0 aliphatic heterocycles. The zero-order chi connectivity index (χ0) is 15.6. The molecule has 1 fully saturated rings. The molecule has 116 valence electrons. The molecule has 1 aromatic rings. The van der Waals surface area contributed by atoms with Gasteiger partial charge in [-0.25, -0.2) is 4.79 Å². The lowest BCUT2D eigenvalue weighted by Crippen LogP contribution is -2.38. The minimum Gasteiger partial charge on any atom is -0.391 e. The molecule has 5 nitrogen and oxygen atoms in total. The summed E-state index contributed by atoms with van der Waals surface area (Å²) < 4.78 is 0. The van der Waals surface area contributed by atoms with Gasteiger partial charge in [0, 0.05) is 39.1 Å². The average molecular weight is 291 g/mol. The lowest BCUT2D eigenvalue weighted by Gasteiger charge is -2.22. The van der Waals surface area contributed by atoms with Crippen molar-refractivity contribution in [1.29, 1.82) is 0 Å². The van der Waals surface area contributed by atoms with Gasteiger partial charge in [-0.2, -0.15) is 0 Å². The fraction of sp³-hybridized carbons (Fsp3) is 0.562. The summed E-state index contributed by atoms with van der Waals surface area (Å²) in [4.78, 5) is 15.7. The van der Waals surface area contributed by atoms with Crippen molar-refractivity contribution >= 4 is 17.4 Å². The van der Waals surface area contributed by atoms with Crippen LogP contribution in [0.1, 0.15) is 18.4 Å². The van der Waals surface area contributed by atoms with Gasteiger partial charge in [0.05, 0.1) is 6.10 Å². The molecule has 0 saturated heterocycles. The number of amides is 2. The number of hydrogen-bond donors (Lipinski definition) is 2. The van der Waals surface area contributed by atoms with Gasteiger partial charge in [0.2, 0.25) is 0 Å². The van der Waals surface area contributed by atoms with Crippen LogP contribution >= 0.6 is 0 Å². The van der Waals surface area contributed by atoms with E-state index in [9.17, 15) is 9.90 Å². The van der Waals surface area contributed by atoms with Crippen LogP contribution in [-0.4, -0.2) is 49.8 Å². The Bertz CT molecular complexity index is 512. The van der Waals surface area contributed by atoms with E-state index in [1.807, 2.05) is 44.1 Å². The number of benzene rings is 1. The van der Waals surface area contributed by atoms with Crippen LogP contribution in [0.25, 0.3) is 0 Å². The first kappa shape index (κ1) is 15.6. The first-order chi connectivity index (χ1) is 9.88. The highest BCUT2D eigenvalue weighted by Gasteiger charge is 2.31. The van der Waals surface area contributed by atoms with Crippen LogP contribution in [0.3, 0.4) is 0 Å². The number of hydrogen-bond acceptors (Lipinski definition) is 3. The normalized spacial score (nSPS) is 15.5. The summed E-state index contributed by atoms with van der Waals surface area (Å²) in [6, 6.07) is 5.74. The van der Waals surface area contributed by atoms with Crippen molar-refractivity contribution in [2.45, 2.75) is 25.9 Å². The third-order valence-corrected chi connectivity index (χ3v) is 3.94. The van der Waals surface area contributed by atoms with Crippen LogP contribution in [0.2, 0.25) is 0 Å². The van der Waals surface area contributed by atoms with Crippen molar-refractivity contribution in [3.8, 4) is 0 Å². The molecule has 1 saturated carbocycles. The van der Waals surface area contributed by atoms with E-state index >= 15 is 0 Å². The van der Waals surface area contributed by atoms with Crippen LogP contribution in [0.15, 0.2) is 18.2 Å². The molecule has 0 bridgehead atoms. The summed E-state index contributed by atoms with van der Waals surface area (Å²) in [5.74, 6) is 0.376. The number of likely N-dealkylation sites (N-methyl/N-ethyl adjacent to an activating group) is 1. The highest BCUT2D eigenvalue weighted by atomic mass is 16.3. The largest absolute Gasteiger partial charge is 0.391 e. The van der Waals surface area contributed by atoms with Crippen LogP contribution in [-0.2, 0) is 0 Å². The number of aliphatic hydroxyl groups excluding tert-OH is 1. The third kappa shape index (κ3) is 4.11. The highest BCUT2D eigenvalue weighted by Crippen LogP contribution is 2.32. The standard InChI is InChI=1S/C16H25N3O2/c1-11-9-13(18(2)3)7-8-14(11)17-16(21)19(4)10-15(20)12-5-6-12/h7-9,12,15,20H,5-6,10H2,1-4H3,(H,17,21). The van der Waals surface area contributed by atoms with Crippen molar-refractivity contribution < 1.29 is 9.90 Å². The molecule has 1 atom stereocenters. The Balaban J connectivity index is 1.95. The predicted molar refractivity (Wildman–Crippen MR) is 85.9 cm³/mol. The lowest BCUT2D eigenvalue weighted by molar-refractivity contribution is 0.117. The fourth-order valence-corrected chi connectivity index (χ4v) is 2.27. The van der Waals surface area contributed by atoms with Crippen LogP contribution in [0.4, 0.5) is 16.2 Å². The molecule has 21 heavy (non-hydrogen) atoms. The van der Waals surface area contributed by atoms with Gasteiger partial charge >= 0.3 is 6.03 Å². The number of aliphatic hydroxyl groups is 1. The van der Waals surface area contributed by atoms with E-state index in [1.54, 1.807) is 11.9 Å². The molecular formula is C16H25N3O2. The van der Waals surface area contributed by atoms with Crippen molar-refractivity contribution in [3.63, 3.8) is 0 Å².